The number of Topliss-reactive ketones (excluding diaryl/α,β-unsaturated/α-hetero) is 2. The quantitative estimate of drug-likeness (QED) is 0.746. The van der Waals surface area contributed by atoms with Crippen molar-refractivity contribution in [1.82, 2.24) is 4.90 Å². The Bertz CT molecular complexity index is 599. The Morgan fingerprint density at radius 1 is 0.909 bits per heavy atom. The molecule has 1 aliphatic carbocycles. The second-order valence-corrected chi connectivity index (χ2v) is 5.94. The normalized spacial score (nSPS) is 14.3. The third-order valence-electron chi connectivity index (χ3n) is 3.92. The van der Waals surface area contributed by atoms with Gasteiger partial charge in [-0.15, -0.1) is 0 Å². The molecule has 4 heteroatoms. The molecule has 2 rings (SSSR count). The van der Waals surface area contributed by atoms with E-state index in [1.807, 2.05) is 4.90 Å². The second-order valence-electron chi connectivity index (χ2n) is 5.56. The van der Waals surface area contributed by atoms with Gasteiger partial charge in [-0.05, 0) is 12.8 Å². The first-order chi connectivity index (χ1) is 10.6. The molecule has 0 saturated carbocycles. The van der Waals surface area contributed by atoms with Crippen LogP contribution in [0.2, 0.25) is 0 Å². The number of unbranched alkanes of at least 4 members (excludes halogenated alkanes) is 2. The second kappa shape index (κ2) is 7.59. The van der Waals surface area contributed by atoms with E-state index < -0.39 is 0 Å². The average Bonchev–Trinajstić information content (AvgIpc) is 2.54. The maximum Gasteiger partial charge on any atom is 0.211 e. The molecule has 0 unspecified atom stereocenters. The number of carbonyl (C=O) groups excluding carboxylic acids is 2. The fraction of sp³-hybridized carbons (Fsp3) is 0.444. The summed E-state index contributed by atoms with van der Waals surface area (Å²) < 4.78 is 0. The zero-order valence-corrected chi connectivity index (χ0v) is 13.9. The van der Waals surface area contributed by atoms with E-state index in [1.165, 1.54) is 0 Å². The van der Waals surface area contributed by atoms with Crippen LogP contribution in [0.4, 0.5) is 0 Å². The van der Waals surface area contributed by atoms with Gasteiger partial charge in [0.15, 0.2) is 0 Å². The summed E-state index contributed by atoms with van der Waals surface area (Å²) in [7, 11) is 0. The number of benzene rings is 1. The summed E-state index contributed by atoms with van der Waals surface area (Å²) in [5.41, 5.74) is 1.25. The van der Waals surface area contributed by atoms with Crippen molar-refractivity contribution in [2.75, 3.05) is 13.1 Å². The highest BCUT2D eigenvalue weighted by molar-refractivity contribution is 6.49. The van der Waals surface area contributed by atoms with Crippen LogP contribution < -0.4 is 0 Å². The minimum Gasteiger partial charge on any atom is -0.367 e. The van der Waals surface area contributed by atoms with E-state index in [0.29, 0.717) is 16.8 Å². The molecule has 0 radical (unpaired) electrons. The first kappa shape index (κ1) is 16.8. The number of ketones is 2. The molecule has 0 aliphatic heterocycles. The standard InChI is InChI=1S/C18H22ClNO2/c1-3-5-11-20(12-6-4-2)16-15(19)17(21)13-9-7-8-10-14(13)18(16)22/h7-10H,3-6,11-12H2,1-2H3. The summed E-state index contributed by atoms with van der Waals surface area (Å²) >= 11 is 6.28. The van der Waals surface area contributed by atoms with Crippen molar-refractivity contribution in [3.8, 4) is 0 Å². The fourth-order valence-corrected chi connectivity index (χ4v) is 2.96. The van der Waals surface area contributed by atoms with Crippen LogP contribution in [0.1, 0.15) is 60.2 Å². The van der Waals surface area contributed by atoms with Crippen LogP contribution in [0.3, 0.4) is 0 Å². The summed E-state index contributed by atoms with van der Waals surface area (Å²) in [4.78, 5) is 27.3. The molecule has 118 valence electrons. The van der Waals surface area contributed by atoms with E-state index in [9.17, 15) is 9.59 Å². The number of allylic oxidation sites excluding steroid dienone is 2. The fourth-order valence-electron chi connectivity index (χ4n) is 2.65. The van der Waals surface area contributed by atoms with Gasteiger partial charge in [-0.25, -0.2) is 0 Å². The molecule has 0 fully saturated rings. The molecule has 22 heavy (non-hydrogen) atoms. The molecule has 0 amide bonds. The third-order valence-corrected chi connectivity index (χ3v) is 4.27. The molecule has 0 N–H and O–H groups in total. The molecule has 1 aromatic carbocycles. The van der Waals surface area contributed by atoms with Crippen molar-refractivity contribution in [2.45, 2.75) is 39.5 Å². The molecule has 0 atom stereocenters. The van der Waals surface area contributed by atoms with Crippen LogP contribution in [-0.4, -0.2) is 29.6 Å². The molecule has 0 bridgehead atoms. The van der Waals surface area contributed by atoms with E-state index >= 15 is 0 Å². The van der Waals surface area contributed by atoms with Crippen molar-refractivity contribution < 1.29 is 9.59 Å². The zero-order chi connectivity index (χ0) is 16.1. The van der Waals surface area contributed by atoms with Gasteiger partial charge >= 0.3 is 0 Å². The number of halogens is 1. The molecule has 0 saturated heterocycles. The van der Waals surface area contributed by atoms with Crippen molar-refractivity contribution in [3.05, 3.63) is 46.1 Å². The minimum absolute atomic E-state index is 0.0657. The summed E-state index contributed by atoms with van der Waals surface area (Å²) in [6, 6.07) is 6.91. The topological polar surface area (TPSA) is 37.4 Å². The smallest absolute Gasteiger partial charge is 0.211 e. The van der Waals surface area contributed by atoms with Gasteiger partial charge in [0.05, 0.1) is 0 Å². The van der Waals surface area contributed by atoms with Crippen LogP contribution in [-0.2, 0) is 0 Å². The molecule has 1 aromatic rings. The average molecular weight is 320 g/mol. The van der Waals surface area contributed by atoms with Gasteiger partial charge in [-0.2, -0.15) is 0 Å². The molecular formula is C18H22ClNO2. The lowest BCUT2D eigenvalue weighted by molar-refractivity contribution is 0.0945. The van der Waals surface area contributed by atoms with Gasteiger partial charge in [0.2, 0.25) is 11.6 Å². The lowest BCUT2D eigenvalue weighted by Crippen LogP contribution is -2.34. The Balaban J connectivity index is 2.40. The minimum atomic E-state index is -0.245. The molecule has 0 heterocycles. The largest absolute Gasteiger partial charge is 0.367 e. The predicted molar refractivity (Wildman–Crippen MR) is 89.4 cm³/mol. The monoisotopic (exact) mass is 319 g/mol. The number of hydrogen-bond donors (Lipinski definition) is 0. The van der Waals surface area contributed by atoms with E-state index in [-0.39, 0.29) is 16.6 Å². The Morgan fingerprint density at radius 3 is 1.91 bits per heavy atom. The van der Waals surface area contributed by atoms with Crippen molar-refractivity contribution in [2.24, 2.45) is 0 Å². The maximum absolute atomic E-state index is 12.8. The molecule has 1 aliphatic rings. The van der Waals surface area contributed by atoms with Gasteiger partial charge in [-0.3, -0.25) is 9.59 Å². The van der Waals surface area contributed by atoms with Gasteiger partial charge in [0, 0.05) is 24.2 Å². The Morgan fingerprint density at radius 2 is 1.41 bits per heavy atom. The van der Waals surface area contributed by atoms with Crippen molar-refractivity contribution in [1.29, 1.82) is 0 Å². The summed E-state index contributed by atoms with van der Waals surface area (Å²) in [5, 5.41) is 0.0657. The van der Waals surface area contributed by atoms with Gasteiger partial charge in [-0.1, -0.05) is 62.6 Å². The van der Waals surface area contributed by atoms with Gasteiger partial charge in [0.25, 0.3) is 0 Å². The van der Waals surface area contributed by atoms with Gasteiger partial charge in [0.1, 0.15) is 10.7 Å². The van der Waals surface area contributed by atoms with Gasteiger partial charge < -0.3 is 4.90 Å². The van der Waals surface area contributed by atoms with Crippen LogP contribution in [0.25, 0.3) is 0 Å². The third kappa shape index (κ3) is 3.25. The Labute approximate surface area is 137 Å². The lowest BCUT2D eigenvalue weighted by atomic mass is 9.91. The highest BCUT2D eigenvalue weighted by Crippen LogP contribution is 2.30. The zero-order valence-electron chi connectivity index (χ0n) is 13.2. The van der Waals surface area contributed by atoms with E-state index in [0.717, 1.165) is 38.8 Å². The molecule has 0 spiro atoms. The van der Waals surface area contributed by atoms with E-state index in [2.05, 4.69) is 13.8 Å². The number of fused-ring (bicyclic) bond motifs is 1. The first-order valence-electron chi connectivity index (χ1n) is 7.94. The highest BCUT2D eigenvalue weighted by Gasteiger charge is 2.33. The number of carbonyl (C=O) groups is 2. The summed E-state index contributed by atoms with van der Waals surface area (Å²) in [5.74, 6) is -0.378. The SMILES string of the molecule is CCCCN(CCCC)C1=C(Cl)C(=O)c2ccccc2C1=O. The Kier molecular flexibility index (Phi) is 5.78. The van der Waals surface area contributed by atoms with Crippen LogP contribution >= 0.6 is 11.6 Å². The van der Waals surface area contributed by atoms with Crippen LogP contribution in [0.15, 0.2) is 35.0 Å². The van der Waals surface area contributed by atoms with Crippen molar-refractivity contribution >= 4 is 23.2 Å². The maximum atomic E-state index is 12.8. The summed E-state index contributed by atoms with van der Waals surface area (Å²) in [6.07, 6.45) is 4.01. The number of nitrogens with zero attached hydrogens (tertiary/aromatic N) is 1. The molecular weight excluding hydrogens is 298 g/mol. The lowest BCUT2D eigenvalue weighted by Gasteiger charge is -2.30. The van der Waals surface area contributed by atoms with Crippen LogP contribution in [0, 0.1) is 0 Å². The predicted octanol–water partition coefficient (Wildman–Crippen LogP) is 4.42. The number of rotatable bonds is 7. The van der Waals surface area contributed by atoms with Crippen LogP contribution in [0.5, 0.6) is 0 Å². The number of hydrogen-bond acceptors (Lipinski definition) is 3. The van der Waals surface area contributed by atoms with E-state index in [4.69, 9.17) is 11.6 Å². The van der Waals surface area contributed by atoms with E-state index in [1.54, 1.807) is 24.3 Å². The van der Waals surface area contributed by atoms with Crippen molar-refractivity contribution in [3.63, 3.8) is 0 Å². The molecule has 0 aromatic heterocycles. The Hall–Kier alpha value is -1.61. The highest BCUT2D eigenvalue weighted by atomic mass is 35.5. The first-order valence-corrected chi connectivity index (χ1v) is 8.32. The summed E-state index contributed by atoms with van der Waals surface area (Å²) in [6.45, 7) is 5.72. The molecule has 3 nitrogen and oxygen atoms in total.